The molecule has 0 saturated heterocycles. The lowest BCUT2D eigenvalue weighted by Crippen LogP contribution is -2.58. The molecule has 4 fully saturated rings. The number of esters is 1. The Bertz CT molecular complexity index is 741. The van der Waals surface area contributed by atoms with Crippen molar-refractivity contribution >= 4 is 11.9 Å². The highest BCUT2D eigenvalue weighted by molar-refractivity contribution is 5.87. The van der Waals surface area contributed by atoms with Crippen molar-refractivity contribution < 1.29 is 14.3 Å². The summed E-state index contributed by atoms with van der Waals surface area (Å²) >= 11 is 0. The highest BCUT2D eigenvalue weighted by Crippen LogP contribution is 2.53. The van der Waals surface area contributed by atoms with Crippen LogP contribution in [0.5, 0.6) is 0 Å². The zero-order valence-corrected chi connectivity index (χ0v) is 18.1. The third-order valence-corrected chi connectivity index (χ3v) is 7.66. The molecule has 0 aromatic heterocycles. The highest BCUT2D eigenvalue weighted by Gasteiger charge is 2.49. The summed E-state index contributed by atoms with van der Waals surface area (Å²) in [6.07, 6.45) is 7.67. The minimum Gasteiger partial charge on any atom is -0.466 e. The fraction of sp³-hybridized carbons (Fsp3) is 0.680. The number of carbonyl (C=O) groups is 2. The Hall–Kier alpha value is -1.84. The van der Waals surface area contributed by atoms with Gasteiger partial charge >= 0.3 is 5.97 Å². The number of hydrogen-bond acceptors (Lipinski definition) is 3. The Labute approximate surface area is 174 Å². The SMILES string of the molecule is CCOC(=O)CCc1cccc(C(C)(C)C(=O)NC2C3CC4CC(C3)CC2C4)c1. The van der Waals surface area contributed by atoms with E-state index < -0.39 is 5.41 Å². The summed E-state index contributed by atoms with van der Waals surface area (Å²) in [5, 5.41) is 3.47. The van der Waals surface area contributed by atoms with E-state index >= 15 is 0 Å². The molecule has 0 spiro atoms. The molecular formula is C25H35NO3. The molecule has 158 valence electrons. The van der Waals surface area contributed by atoms with Crippen LogP contribution >= 0.6 is 0 Å². The Kier molecular flexibility index (Phi) is 5.72. The van der Waals surface area contributed by atoms with Crippen LogP contribution in [0.25, 0.3) is 0 Å². The van der Waals surface area contributed by atoms with Gasteiger partial charge in [0.2, 0.25) is 5.91 Å². The third-order valence-electron chi connectivity index (χ3n) is 7.66. The summed E-state index contributed by atoms with van der Waals surface area (Å²) in [4.78, 5) is 25.0. The number of hydrogen-bond donors (Lipinski definition) is 1. The number of ether oxygens (including phenoxy) is 1. The Morgan fingerprint density at radius 3 is 2.34 bits per heavy atom. The van der Waals surface area contributed by atoms with Crippen LogP contribution in [0, 0.1) is 23.7 Å². The first-order valence-corrected chi connectivity index (χ1v) is 11.4. The van der Waals surface area contributed by atoms with Crippen molar-refractivity contribution in [3.63, 3.8) is 0 Å². The van der Waals surface area contributed by atoms with Gasteiger partial charge in [0, 0.05) is 12.5 Å². The van der Waals surface area contributed by atoms with Gasteiger partial charge in [0.05, 0.1) is 12.0 Å². The first-order valence-electron chi connectivity index (χ1n) is 11.4. The van der Waals surface area contributed by atoms with Crippen LogP contribution in [0.1, 0.15) is 70.4 Å². The molecule has 5 rings (SSSR count). The molecule has 0 atom stereocenters. The minimum atomic E-state index is -0.589. The second kappa shape index (κ2) is 8.12. The molecule has 4 aliphatic rings. The molecule has 0 aliphatic heterocycles. The molecule has 0 radical (unpaired) electrons. The molecule has 29 heavy (non-hydrogen) atoms. The van der Waals surface area contributed by atoms with E-state index in [1.54, 1.807) is 0 Å². The Morgan fingerprint density at radius 1 is 1.07 bits per heavy atom. The van der Waals surface area contributed by atoms with E-state index in [4.69, 9.17) is 4.74 Å². The summed E-state index contributed by atoms with van der Waals surface area (Å²) in [6, 6.07) is 8.49. The topological polar surface area (TPSA) is 55.4 Å². The molecule has 0 heterocycles. The summed E-state index contributed by atoms with van der Waals surface area (Å²) in [5.41, 5.74) is 1.50. The van der Waals surface area contributed by atoms with E-state index in [9.17, 15) is 9.59 Å². The maximum atomic E-state index is 13.3. The van der Waals surface area contributed by atoms with Crippen LogP contribution in [0.4, 0.5) is 0 Å². The van der Waals surface area contributed by atoms with Gasteiger partial charge in [-0.25, -0.2) is 0 Å². The molecule has 1 aromatic carbocycles. The molecule has 4 nitrogen and oxygen atoms in total. The van der Waals surface area contributed by atoms with Crippen LogP contribution < -0.4 is 5.32 Å². The van der Waals surface area contributed by atoms with Crippen molar-refractivity contribution in [2.75, 3.05) is 6.61 Å². The van der Waals surface area contributed by atoms with Crippen LogP contribution in [-0.2, 0) is 26.2 Å². The average molecular weight is 398 g/mol. The predicted molar refractivity (Wildman–Crippen MR) is 113 cm³/mol. The van der Waals surface area contributed by atoms with E-state index in [0.717, 1.165) is 23.0 Å². The number of amides is 1. The van der Waals surface area contributed by atoms with Gasteiger partial charge in [-0.05, 0) is 94.1 Å². The fourth-order valence-corrected chi connectivity index (χ4v) is 6.22. The van der Waals surface area contributed by atoms with Crippen molar-refractivity contribution in [3.8, 4) is 0 Å². The van der Waals surface area contributed by atoms with Crippen LogP contribution in [-0.4, -0.2) is 24.5 Å². The van der Waals surface area contributed by atoms with Gasteiger partial charge in [0.15, 0.2) is 0 Å². The monoisotopic (exact) mass is 397 g/mol. The van der Waals surface area contributed by atoms with Gasteiger partial charge in [-0.1, -0.05) is 24.3 Å². The van der Waals surface area contributed by atoms with Gasteiger partial charge in [-0.2, -0.15) is 0 Å². The number of aryl methyl sites for hydroxylation is 1. The van der Waals surface area contributed by atoms with Crippen LogP contribution in [0.15, 0.2) is 24.3 Å². The number of benzene rings is 1. The molecule has 4 aliphatic carbocycles. The fourth-order valence-electron chi connectivity index (χ4n) is 6.22. The van der Waals surface area contributed by atoms with Crippen LogP contribution in [0.3, 0.4) is 0 Å². The van der Waals surface area contributed by atoms with Gasteiger partial charge in [-0.3, -0.25) is 9.59 Å². The van der Waals surface area contributed by atoms with Gasteiger partial charge in [0.1, 0.15) is 0 Å². The molecule has 1 amide bonds. The molecule has 0 unspecified atom stereocenters. The maximum absolute atomic E-state index is 13.3. The number of rotatable bonds is 7. The zero-order chi connectivity index (χ0) is 20.6. The van der Waals surface area contributed by atoms with Crippen LogP contribution in [0.2, 0.25) is 0 Å². The third kappa shape index (κ3) is 4.22. The lowest BCUT2D eigenvalue weighted by molar-refractivity contribution is -0.143. The molecule has 4 bridgehead atoms. The van der Waals surface area contributed by atoms with Crippen molar-refractivity contribution in [1.82, 2.24) is 5.32 Å². The standard InChI is InChI=1S/C25H35NO3/c1-4-29-22(27)9-8-16-6-5-7-21(15-16)25(2,3)24(28)26-23-19-11-17-10-18(13-19)14-20(23)12-17/h5-7,15,17-20,23H,4,8-14H2,1-3H3,(H,26,28). The van der Waals surface area contributed by atoms with Crippen molar-refractivity contribution in [2.24, 2.45) is 23.7 Å². The quantitative estimate of drug-likeness (QED) is 0.694. The average Bonchev–Trinajstić information content (AvgIpc) is 2.69. The summed E-state index contributed by atoms with van der Waals surface area (Å²) in [5.74, 6) is 3.16. The number of nitrogens with one attached hydrogen (secondary N) is 1. The summed E-state index contributed by atoms with van der Waals surface area (Å²) in [6.45, 7) is 6.27. The molecule has 1 N–H and O–H groups in total. The Balaban J connectivity index is 1.42. The smallest absolute Gasteiger partial charge is 0.306 e. The molecule has 1 aromatic rings. The largest absolute Gasteiger partial charge is 0.466 e. The van der Waals surface area contributed by atoms with E-state index in [0.29, 0.717) is 37.3 Å². The van der Waals surface area contributed by atoms with E-state index in [-0.39, 0.29) is 11.9 Å². The first kappa shape index (κ1) is 20.4. The van der Waals surface area contributed by atoms with Crippen molar-refractivity contribution in [2.45, 2.75) is 77.2 Å². The van der Waals surface area contributed by atoms with Gasteiger partial charge in [0.25, 0.3) is 0 Å². The van der Waals surface area contributed by atoms with Gasteiger partial charge in [-0.15, -0.1) is 0 Å². The maximum Gasteiger partial charge on any atom is 0.306 e. The predicted octanol–water partition coefficient (Wildman–Crippen LogP) is 4.40. The summed E-state index contributed by atoms with van der Waals surface area (Å²) in [7, 11) is 0. The van der Waals surface area contributed by atoms with Gasteiger partial charge < -0.3 is 10.1 Å². The second-order valence-corrected chi connectivity index (χ2v) is 10.1. The van der Waals surface area contributed by atoms with E-state index in [1.807, 2.05) is 39.0 Å². The molecule has 4 saturated carbocycles. The normalized spacial score (nSPS) is 30.2. The Morgan fingerprint density at radius 2 is 1.72 bits per heavy atom. The zero-order valence-electron chi connectivity index (χ0n) is 18.1. The highest BCUT2D eigenvalue weighted by atomic mass is 16.5. The molecular weight excluding hydrogens is 362 g/mol. The minimum absolute atomic E-state index is 0.137. The molecule has 4 heteroatoms. The second-order valence-electron chi connectivity index (χ2n) is 10.1. The first-order chi connectivity index (χ1) is 13.9. The number of carbonyl (C=O) groups excluding carboxylic acids is 2. The summed E-state index contributed by atoms with van der Waals surface area (Å²) < 4.78 is 5.03. The van der Waals surface area contributed by atoms with E-state index in [1.165, 1.54) is 32.1 Å². The lowest BCUT2D eigenvalue weighted by atomic mass is 9.54. The van der Waals surface area contributed by atoms with Crippen molar-refractivity contribution in [3.05, 3.63) is 35.4 Å². The lowest BCUT2D eigenvalue weighted by Gasteiger charge is -2.54. The van der Waals surface area contributed by atoms with E-state index in [2.05, 4.69) is 11.4 Å². The van der Waals surface area contributed by atoms with Crippen molar-refractivity contribution in [1.29, 1.82) is 0 Å².